The lowest BCUT2D eigenvalue weighted by Gasteiger charge is -2.15. The smallest absolute Gasteiger partial charge is 0.223 e. The summed E-state index contributed by atoms with van der Waals surface area (Å²) in [5.41, 5.74) is 5.43. The first-order chi connectivity index (χ1) is 11.8. The summed E-state index contributed by atoms with van der Waals surface area (Å²) in [7, 11) is 1.94. The van der Waals surface area contributed by atoms with E-state index in [-0.39, 0.29) is 5.91 Å². The Morgan fingerprint density at radius 1 is 1.28 bits per heavy atom. The normalized spacial score (nSPS) is 13.6. The predicted molar refractivity (Wildman–Crippen MR) is 95.8 cm³/mol. The lowest BCUT2D eigenvalue weighted by atomic mass is 10.1. The maximum atomic E-state index is 12.6. The van der Waals surface area contributed by atoms with Gasteiger partial charge in [-0.1, -0.05) is 13.8 Å². The SMILES string of the molecule is Cc1nn(C)c(C)c1CCC(=O)N1Cc2cnc(CC(C)C)nc2C1. The lowest BCUT2D eigenvalue weighted by Crippen LogP contribution is -2.25. The minimum Gasteiger partial charge on any atom is -0.332 e. The quantitative estimate of drug-likeness (QED) is 0.838. The molecule has 0 aromatic carbocycles. The summed E-state index contributed by atoms with van der Waals surface area (Å²) < 4.78 is 1.88. The second kappa shape index (κ2) is 6.94. The van der Waals surface area contributed by atoms with Gasteiger partial charge in [0.15, 0.2) is 0 Å². The van der Waals surface area contributed by atoms with Gasteiger partial charge in [-0.25, -0.2) is 9.97 Å². The summed E-state index contributed by atoms with van der Waals surface area (Å²) in [5, 5.41) is 4.43. The van der Waals surface area contributed by atoms with Crippen molar-refractivity contribution in [3.63, 3.8) is 0 Å². The van der Waals surface area contributed by atoms with Gasteiger partial charge >= 0.3 is 0 Å². The van der Waals surface area contributed by atoms with Gasteiger partial charge in [0.2, 0.25) is 5.91 Å². The number of fused-ring (bicyclic) bond motifs is 1. The van der Waals surface area contributed by atoms with Crippen molar-refractivity contribution in [1.29, 1.82) is 0 Å². The molecular formula is C19H27N5O. The predicted octanol–water partition coefficient (Wildman–Crippen LogP) is 2.50. The number of carbonyl (C=O) groups is 1. The number of carbonyl (C=O) groups excluding carboxylic acids is 1. The average Bonchev–Trinajstić information content (AvgIpc) is 3.06. The average molecular weight is 341 g/mol. The van der Waals surface area contributed by atoms with Gasteiger partial charge in [0.1, 0.15) is 5.82 Å². The number of nitrogens with zero attached hydrogens (tertiary/aromatic N) is 5. The van der Waals surface area contributed by atoms with E-state index < -0.39 is 0 Å². The molecule has 0 saturated heterocycles. The highest BCUT2D eigenvalue weighted by atomic mass is 16.2. The van der Waals surface area contributed by atoms with Crippen LogP contribution in [0, 0.1) is 19.8 Å². The lowest BCUT2D eigenvalue weighted by molar-refractivity contribution is -0.131. The molecule has 1 amide bonds. The highest BCUT2D eigenvalue weighted by Gasteiger charge is 2.25. The second-order valence-corrected chi connectivity index (χ2v) is 7.38. The van der Waals surface area contributed by atoms with Crippen LogP contribution in [0.3, 0.4) is 0 Å². The van der Waals surface area contributed by atoms with Crippen LogP contribution in [0.5, 0.6) is 0 Å². The molecule has 0 saturated carbocycles. The highest BCUT2D eigenvalue weighted by molar-refractivity contribution is 5.77. The summed E-state index contributed by atoms with van der Waals surface area (Å²) in [5.74, 6) is 1.58. The van der Waals surface area contributed by atoms with Crippen LogP contribution in [0.15, 0.2) is 6.20 Å². The maximum Gasteiger partial charge on any atom is 0.223 e. The van der Waals surface area contributed by atoms with Gasteiger partial charge in [0.05, 0.1) is 17.9 Å². The molecule has 6 heteroatoms. The number of hydrogen-bond donors (Lipinski definition) is 0. The number of amides is 1. The fourth-order valence-corrected chi connectivity index (χ4v) is 3.40. The Morgan fingerprint density at radius 2 is 2.04 bits per heavy atom. The third-order valence-corrected chi connectivity index (χ3v) is 4.90. The first kappa shape index (κ1) is 17.6. The van der Waals surface area contributed by atoms with E-state index >= 15 is 0 Å². The van der Waals surface area contributed by atoms with Crippen LogP contribution >= 0.6 is 0 Å². The van der Waals surface area contributed by atoms with Crippen molar-refractivity contribution < 1.29 is 4.79 Å². The van der Waals surface area contributed by atoms with Crippen molar-refractivity contribution in [3.05, 3.63) is 40.2 Å². The zero-order valence-corrected chi connectivity index (χ0v) is 15.8. The van der Waals surface area contributed by atoms with Crippen LogP contribution in [0.1, 0.15) is 54.3 Å². The summed E-state index contributed by atoms with van der Waals surface area (Å²) in [4.78, 5) is 23.6. The zero-order chi connectivity index (χ0) is 18.1. The molecule has 2 aromatic rings. The minimum atomic E-state index is 0.172. The van der Waals surface area contributed by atoms with Gasteiger partial charge in [0.25, 0.3) is 0 Å². The monoisotopic (exact) mass is 341 g/mol. The van der Waals surface area contributed by atoms with E-state index in [1.54, 1.807) is 0 Å². The van der Waals surface area contributed by atoms with E-state index in [0.29, 0.717) is 25.4 Å². The minimum absolute atomic E-state index is 0.172. The molecule has 0 spiro atoms. The number of rotatable bonds is 5. The topological polar surface area (TPSA) is 63.9 Å². The number of hydrogen-bond acceptors (Lipinski definition) is 4. The zero-order valence-electron chi connectivity index (χ0n) is 15.8. The molecule has 3 rings (SSSR count). The molecule has 0 fully saturated rings. The molecular weight excluding hydrogens is 314 g/mol. The first-order valence-corrected chi connectivity index (χ1v) is 8.95. The van der Waals surface area contributed by atoms with Crippen molar-refractivity contribution in [1.82, 2.24) is 24.6 Å². The largest absolute Gasteiger partial charge is 0.332 e. The molecule has 25 heavy (non-hydrogen) atoms. The molecule has 1 aliphatic rings. The Morgan fingerprint density at radius 3 is 2.68 bits per heavy atom. The molecule has 3 heterocycles. The molecule has 1 aliphatic heterocycles. The molecule has 2 aromatic heterocycles. The fraction of sp³-hybridized carbons (Fsp3) is 0.579. The number of aromatic nitrogens is 4. The molecule has 0 N–H and O–H groups in total. The number of aryl methyl sites for hydroxylation is 2. The van der Waals surface area contributed by atoms with Crippen molar-refractivity contribution in [2.24, 2.45) is 13.0 Å². The molecule has 0 unspecified atom stereocenters. The van der Waals surface area contributed by atoms with Crippen molar-refractivity contribution >= 4 is 5.91 Å². The van der Waals surface area contributed by atoms with E-state index in [4.69, 9.17) is 0 Å². The molecule has 6 nitrogen and oxygen atoms in total. The van der Waals surface area contributed by atoms with E-state index in [9.17, 15) is 4.79 Å². The molecule has 0 aliphatic carbocycles. The molecule has 0 radical (unpaired) electrons. The first-order valence-electron chi connectivity index (χ1n) is 8.95. The van der Waals surface area contributed by atoms with Crippen LogP contribution in [0.25, 0.3) is 0 Å². The molecule has 0 atom stereocenters. The van der Waals surface area contributed by atoms with Crippen LogP contribution in [0.4, 0.5) is 0 Å². The van der Waals surface area contributed by atoms with E-state index in [1.807, 2.05) is 29.7 Å². The van der Waals surface area contributed by atoms with Crippen molar-refractivity contribution in [2.75, 3.05) is 0 Å². The summed E-state index contributed by atoms with van der Waals surface area (Å²) in [6.45, 7) is 9.61. The van der Waals surface area contributed by atoms with Gasteiger partial charge < -0.3 is 4.90 Å². The Hall–Kier alpha value is -2.24. The van der Waals surface area contributed by atoms with Crippen LogP contribution in [-0.2, 0) is 37.8 Å². The van der Waals surface area contributed by atoms with Gasteiger partial charge in [-0.05, 0) is 31.7 Å². The Bertz CT molecular complexity index is 793. The van der Waals surface area contributed by atoms with Gasteiger partial charge in [-0.15, -0.1) is 0 Å². The summed E-state index contributed by atoms with van der Waals surface area (Å²) in [6.07, 6.45) is 4.01. The third-order valence-electron chi connectivity index (χ3n) is 4.90. The Balaban J connectivity index is 1.62. The second-order valence-electron chi connectivity index (χ2n) is 7.38. The van der Waals surface area contributed by atoms with Gasteiger partial charge in [-0.3, -0.25) is 9.48 Å². The Kier molecular flexibility index (Phi) is 4.88. The fourth-order valence-electron chi connectivity index (χ4n) is 3.40. The van der Waals surface area contributed by atoms with Crippen LogP contribution in [-0.4, -0.2) is 30.6 Å². The summed E-state index contributed by atoms with van der Waals surface area (Å²) >= 11 is 0. The maximum absolute atomic E-state index is 12.6. The van der Waals surface area contributed by atoms with Crippen molar-refractivity contribution in [3.8, 4) is 0 Å². The standard InChI is InChI=1S/C19H27N5O/c1-12(2)8-18-20-9-15-10-24(11-17(15)21-18)19(25)7-6-16-13(3)22-23(5)14(16)4/h9,12H,6-8,10-11H2,1-5H3. The van der Waals surface area contributed by atoms with Crippen LogP contribution < -0.4 is 0 Å². The van der Waals surface area contributed by atoms with Crippen LogP contribution in [0.2, 0.25) is 0 Å². The van der Waals surface area contributed by atoms with Gasteiger partial charge in [0, 0.05) is 43.9 Å². The summed E-state index contributed by atoms with van der Waals surface area (Å²) in [6, 6.07) is 0. The highest BCUT2D eigenvalue weighted by Crippen LogP contribution is 2.22. The molecule has 134 valence electrons. The Labute approximate surface area is 149 Å². The van der Waals surface area contributed by atoms with E-state index in [2.05, 4.69) is 35.8 Å². The van der Waals surface area contributed by atoms with E-state index in [0.717, 1.165) is 41.3 Å². The molecule has 0 bridgehead atoms. The van der Waals surface area contributed by atoms with Crippen molar-refractivity contribution in [2.45, 2.75) is 60.0 Å². The van der Waals surface area contributed by atoms with Gasteiger partial charge in [-0.2, -0.15) is 5.10 Å². The third kappa shape index (κ3) is 3.72. The van der Waals surface area contributed by atoms with E-state index in [1.165, 1.54) is 5.56 Å².